The van der Waals surface area contributed by atoms with Gasteiger partial charge >= 0.3 is 6.18 Å². The molecule has 0 fully saturated rings. The van der Waals surface area contributed by atoms with Crippen LogP contribution in [0.5, 0.6) is 0 Å². The van der Waals surface area contributed by atoms with Crippen LogP contribution in [0.1, 0.15) is 13.3 Å². The molecule has 0 aliphatic carbocycles. The molecule has 0 saturated carbocycles. The molecular weight excluding hydrogens is 197 g/mol. The minimum atomic E-state index is -4.21. The molecule has 6 heteroatoms. The van der Waals surface area contributed by atoms with E-state index in [9.17, 15) is 13.2 Å². The molecule has 0 aliphatic rings. The topological polar surface area (TPSA) is 45.0 Å². The van der Waals surface area contributed by atoms with Crippen LogP contribution in [0, 0.1) is 11.3 Å². The Morgan fingerprint density at radius 2 is 2.00 bits per heavy atom. The SMILES string of the molecule is CNC(C)(C#N)COCCC(F)(F)F. The summed E-state index contributed by atoms with van der Waals surface area (Å²) in [5, 5.41) is 11.3. The molecule has 0 spiro atoms. The van der Waals surface area contributed by atoms with Crippen molar-refractivity contribution in [1.29, 1.82) is 5.26 Å². The van der Waals surface area contributed by atoms with Gasteiger partial charge in [0.05, 0.1) is 25.7 Å². The molecule has 0 aliphatic heterocycles. The molecule has 1 N–H and O–H groups in total. The summed E-state index contributed by atoms with van der Waals surface area (Å²) in [4.78, 5) is 0. The van der Waals surface area contributed by atoms with Gasteiger partial charge < -0.3 is 10.1 Å². The van der Waals surface area contributed by atoms with Crippen molar-refractivity contribution in [2.45, 2.75) is 25.1 Å². The lowest BCUT2D eigenvalue weighted by Gasteiger charge is -2.20. The van der Waals surface area contributed by atoms with E-state index in [2.05, 4.69) is 5.32 Å². The average Bonchev–Trinajstić information content (AvgIpc) is 2.11. The number of likely N-dealkylation sites (N-methyl/N-ethyl adjacent to an activating group) is 1. The normalized spacial score (nSPS) is 16.0. The van der Waals surface area contributed by atoms with E-state index in [1.165, 1.54) is 0 Å². The Kier molecular flexibility index (Phi) is 4.88. The number of nitriles is 1. The van der Waals surface area contributed by atoms with Gasteiger partial charge in [-0.2, -0.15) is 18.4 Å². The monoisotopic (exact) mass is 210 g/mol. The summed E-state index contributed by atoms with van der Waals surface area (Å²) in [6, 6.07) is 1.91. The third-order valence-corrected chi connectivity index (χ3v) is 1.72. The predicted octanol–water partition coefficient (Wildman–Crippen LogP) is 1.46. The van der Waals surface area contributed by atoms with Gasteiger partial charge in [-0.1, -0.05) is 0 Å². The summed E-state index contributed by atoms with van der Waals surface area (Å²) in [6.07, 6.45) is -5.19. The quantitative estimate of drug-likeness (QED) is 0.698. The second-order valence-electron chi connectivity index (χ2n) is 3.11. The van der Waals surface area contributed by atoms with Crippen LogP contribution in [-0.2, 0) is 4.74 Å². The molecule has 0 aromatic carbocycles. The number of alkyl halides is 3. The van der Waals surface area contributed by atoms with E-state index < -0.39 is 24.7 Å². The molecule has 0 rings (SSSR count). The molecule has 1 unspecified atom stereocenters. The third kappa shape index (κ3) is 5.78. The predicted molar refractivity (Wildman–Crippen MR) is 44.6 cm³/mol. The smallest absolute Gasteiger partial charge is 0.378 e. The number of ether oxygens (including phenoxy) is 1. The van der Waals surface area contributed by atoms with E-state index in [1.54, 1.807) is 14.0 Å². The van der Waals surface area contributed by atoms with E-state index in [0.717, 1.165) is 0 Å². The van der Waals surface area contributed by atoms with Gasteiger partial charge in [-0.15, -0.1) is 0 Å². The van der Waals surface area contributed by atoms with Crippen LogP contribution in [0.2, 0.25) is 0 Å². The van der Waals surface area contributed by atoms with E-state index in [-0.39, 0.29) is 6.61 Å². The lowest BCUT2D eigenvalue weighted by atomic mass is 10.1. The zero-order valence-corrected chi connectivity index (χ0v) is 8.11. The van der Waals surface area contributed by atoms with Crippen molar-refractivity contribution in [2.75, 3.05) is 20.3 Å². The third-order valence-electron chi connectivity index (χ3n) is 1.72. The Hall–Kier alpha value is -0.800. The minimum Gasteiger partial charge on any atom is -0.378 e. The first kappa shape index (κ1) is 13.2. The number of hydrogen-bond donors (Lipinski definition) is 1. The van der Waals surface area contributed by atoms with Crippen molar-refractivity contribution < 1.29 is 17.9 Å². The van der Waals surface area contributed by atoms with E-state index in [1.807, 2.05) is 6.07 Å². The summed E-state index contributed by atoms with van der Waals surface area (Å²) >= 11 is 0. The van der Waals surface area contributed by atoms with Crippen molar-refractivity contribution in [3.8, 4) is 6.07 Å². The molecule has 0 saturated heterocycles. The highest BCUT2D eigenvalue weighted by molar-refractivity contribution is 5.02. The van der Waals surface area contributed by atoms with E-state index in [0.29, 0.717) is 0 Å². The molecule has 1 atom stereocenters. The number of nitrogens with zero attached hydrogens (tertiary/aromatic N) is 1. The molecule has 3 nitrogen and oxygen atoms in total. The summed E-state index contributed by atoms with van der Waals surface area (Å²) < 4.78 is 39.8. The summed E-state index contributed by atoms with van der Waals surface area (Å²) in [5.41, 5.74) is -0.925. The first-order valence-corrected chi connectivity index (χ1v) is 4.08. The average molecular weight is 210 g/mol. The fourth-order valence-corrected chi connectivity index (χ4v) is 0.625. The maximum absolute atomic E-state index is 11.7. The highest BCUT2D eigenvalue weighted by Crippen LogP contribution is 2.19. The van der Waals surface area contributed by atoms with Crippen LogP contribution in [0.25, 0.3) is 0 Å². The largest absolute Gasteiger partial charge is 0.391 e. The zero-order chi connectivity index (χ0) is 11.2. The summed E-state index contributed by atoms with van der Waals surface area (Å²) in [6.45, 7) is 1.08. The Bertz CT molecular complexity index is 212. The lowest BCUT2D eigenvalue weighted by molar-refractivity contribution is -0.146. The fraction of sp³-hybridized carbons (Fsp3) is 0.875. The molecule has 82 valence electrons. The zero-order valence-electron chi connectivity index (χ0n) is 8.11. The number of rotatable bonds is 5. The van der Waals surface area contributed by atoms with Crippen molar-refractivity contribution in [1.82, 2.24) is 5.32 Å². The first-order valence-electron chi connectivity index (χ1n) is 4.08. The van der Waals surface area contributed by atoms with Crippen LogP contribution < -0.4 is 5.32 Å². The Balaban J connectivity index is 3.70. The van der Waals surface area contributed by atoms with Crippen LogP contribution in [0.3, 0.4) is 0 Å². The van der Waals surface area contributed by atoms with Gasteiger partial charge in [0.2, 0.25) is 0 Å². The lowest BCUT2D eigenvalue weighted by Crippen LogP contribution is -2.42. The van der Waals surface area contributed by atoms with Gasteiger partial charge in [0.15, 0.2) is 0 Å². The molecule has 0 aromatic rings. The standard InChI is InChI=1S/C8H13F3N2O/c1-7(5-12,13-2)6-14-4-3-8(9,10)11/h13H,3-4,6H2,1-2H3. The molecular formula is C8H13F3N2O. The van der Waals surface area contributed by atoms with Crippen molar-refractivity contribution in [2.24, 2.45) is 0 Å². The highest BCUT2D eigenvalue weighted by atomic mass is 19.4. The molecule has 14 heavy (non-hydrogen) atoms. The number of hydrogen-bond acceptors (Lipinski definition) is 3. The van der Waals surface area contributed by atoms with Crippen molar-refractivity contribution >= 4 is 0 Å². The Labute approximate surface area is 80.8 Å². The van der Waals surface area contributed by atoms with Crippen LogP contribution in [0.15, 0.2) is 0 Å². The van der Waals surface area contributed by atoms with Crippen molar-refractivity contribution in [3.05, 3.63) is 0 Å². The highest BCUT2D eigenvalue weighted by Gasteiger charge is 2.27. The maximum atomic E-state index is 11.7. The van der Waals surface area contributed by atoms with Gasteiger partial charge in [0, 0.05) is 0 Å². The number of halogens is 3. The van der Waals surface area contributed by atoms with Gasteiger partial charge in [-0.05, 0) is 14.0 Å². The van der Waals surface area contributed by atoms with E-state index >= 15 is 0 Å². The van der Waals surface area contributed by atoms with Crippen LogP contribution in [0.4, 0.5) is 13.2 Å². The van der Waals surface area contributed by atoms with Gasteiger partial charge in [-0.25, -0.2) is 0 Å². The van der Waals surface area contributed by atoms with E-state index in [4.69, 9.17) is 10.00 Å². The molecule has 0 aromatic heterocycles. The van der Waals surface area contributed by atoms with Gasteiger partial charge in [0.25, 0.3) is 0 Å². The minimum absolute atomic E-state index is 0.0594. The Morgan fingerprint density at radius 3 is 2.36 bits per heavy atom. The summed E-state index contributed by atoms with van der Waals surface area (Å²) in [5.74, 6) is 0. The number of nitrogens with one attached hydrogen (secondary N) is 1. The molecule has 0 amide bonds. The van der Waals surface area contributed by atoms with Gasteiger partial charge in [0.1, 0.15) is 5.54 Å². The molecule has 0 bridgehead atoms. The second kappa shape index (κ2) is 5.17. The van der Waals surface area contributed by atoms with Gasteiger partial charge in [-0.3, -0.25) is 0 Å². The molecule has 0 radical (unpaired) electrons. The van der Waals surface area contributed by atoms with Crippen LogP contribution >= 0.6 is 0 Å². The molecule has 0 heterocycles. The van der Waals surface area contributed by atoms with Crippen LogP contribution in [-0.4, -0.2) is 32.0 Å². The maximum Gasteiger partial charge on any atom is 0.391 e. The Morgan fingerprint density at radius 1 is 1.43 bits per heavy atom. The van der Waals surface area contributed by atoms with Crippen molar-refractivity contribution in [3.63, 3.8) is 0 Å². The fourth-order valence-electron chi connectivity index (χ4n) is 0.625. The summed E-state index contributed by atoms with van der Waals surface area (Å²) in [7, 11) is 1.55. The second-order valence-corrected chi connectivity index (χ2v) is 3.11. The first-order chi connectivity index (χ1) is 6.33.